The van der Waals surface area contributed by atoms with Gasteiger partial charge in [-0.3, -0.25) is 13.9 Å². The zero-order chi connectivity index (χ0) is 30.2. The zero-order valence-electron chi connectivity index (χ0n) is 24.8. The molecule has 2 amide bonds. The van der Waals surface area contributed by atoms with Gasteiger partial charge in [0.1, 0.15) is 18.3 Å². The van der Waals surface area contributed by atoms with Gasteiger partial charge in [0.15, 0.2) is 0 Å². The molecule has 41 heavy (non-hydrogen) atoms. The Morgan fingerprint density at radius 3 is 2.20 bits per heavy atom. The van der Waals surface area contributed by atoms with Gasteiger partial charge in [-0.1, -0.05) is 67.9 Å². The molecule has 1 N–H and O–H groups in total. The highest BCUT2D eigenvalue weighted by Crippen LogP contribution is 2.33. The maximum absolute atomic E-state index is 14.2. The Labute approximate surface area is 244 Å². The normalized spacial score (nSPS) is 12.7. The van der Waals surface area contributed by atoms with E-state index in [2.05, 4.69) is 5.32 Å². The third kappa shape index (κ3) is 7.88. The lowest BCUT2D eigenvalue weighted by Crippen LogP contribution is -2.53. The summed E-state index contributed by atoms with van der Waals surface area (Å²) < 4.78 is 34.7. The molecule has 0 aliphatic heterocycles. The molecule has 0 bridgehead atoms. The lowest BCUT2D eigenvalue weighted by molar-refractivity contribution is -0.140. The van der Waals surface area contributed by atoms with Crippen LogP contribution in [0.4, 0.5) is 5.69 Å². The van der Waals surface area contributed by atoms with Gasteiger partial charge >= 0.3 is 0 Å². The Balaban J connectivity index is 2.12. The van der Waals surface area contributed by atoms with E-state index in [4.69, 9.17) is 4.74 Å². The van der Waals surface area contributed by atoms with Crippen molar-refractivity contribution < 1.29 is 22.7 Å². The van der Waals surface area contributed by atoms with Crippen molar-refractivity contribution >= 4 is 27.5 Å². The quantitative estimate of drug-likeness (QED) is 0.299. The van der Waals surface area contributed by atoms with Crippen LogP contribution in [0.2, 0.25) is 0 Å². The fourth-order valence-corrected chi connectivity index (χ4v) is 6.03. The summed E-state index contributed by atoms with van der Waals surface area (Å²) in [6.07, 6.45) is 1.10. The number of benzene rings is 3. The predicted octanol–water partition coefficient (Wildman–Crippen LogP) is 5.23. The number of nitrogens with zero attached hydrogens (tertiary/aromatic N) is 2. The van der Waals surface area contributed by atoms with Gasteiger partial charge in [-0.15, -0.1) is 0 Å². The Kier molecular flexibility index (Phi) is 10.9. The SMILES string of the molecule is CC[C@@H](C)NC(=O)[C@H](CC)N(Cc1cccc(C)c1)C(=O)CN(c1cc(C)ccc1OC)S(=O)(=O)c1ccccc1. The molecule has 0 saturated heterocycles. The van der Waals surface area contributed by atoms with Crippen LogP contribution >= 0.6 is 0 Å². The standard InChI is InChI=1S/C32H41N3O5S/c1-7-25(5)33-32(37)28(8-2)34(21-26-14-12-13-23(3)19-26)31(36)22-35(29-20-24(4)17-18-30(29)40-6)41(38,39)27-15-10-9-11-16-27/h9-20,25,28H,7-8,21-22H2,1-6H3,(H,33,37)/t25-,28+/m1/s1. The van der Waals surface area contributed by atoms with Crippen LogP contribution in [0.1, 0.15) is 50.3 Å². The molecule has 9 heteroatoms. The number of carbonyl (C=O) groups excluding carboxylic acids is 2. The van der Waals surface area contributed by atoms with Gasteiger partial charge in [-0.2, -0.15) is 0 Å². The Morgan fingerprint density at radius 1 is 0.902 bits per heavy atom. The molecule has 0 fully saturated rings. The number of anilines is 1. The first-order chi connectivity index (χ1) is 19.5. The van der Waals surface area contributed by atoms with E-state index in [1.54, 1.807) is 30.3 Å². The third-order valence-electron chi connectivity index (χ3n) is 7.04. The summed E-state index contributed by atoms with van der Waals surface area (Å²) in [5.74, 6) is -0.455. The van der Waals surface area contributed by atoms with E-state index in [-0.39, 0.29) is 29.1 Å². The molecule has 3 aromatic carbocycles. The fraction of sp³-hybridized carbons (Fsp3) is 0.375. The second kappa shape index (κ2) is 14.2. The van der Waals surface area contributed by atoms with Gasteiger partial charge in [0.05, 0.1) is 17.7 Å². The summed E-state index contributed by atoms with van der Waals surface area (Å²) in [6.45, 7) is 9.17. The van der Waals surface area contributed by atoms with Gasteiger partial charge in [0.2, 0.25) is 11.8 Å². The van der Waals surface area contributed by atoms with Crippen LogP contribution in [0.5, 0.6) is 5.75 Å². The molecule has 0 aliphatic carbocycles. The molecular weight excluding hydrogens is 538 g/mol. The number of amides is 2. The summed E-state index contributed by atoms with van der Waals surface area (Å²) in [4.78, 5) is 29.2. The van der Waals surface area contributed by atoms with Crippen LogP contribution in [0.15, 0.2) is 77.7 Å². The van der Waals surface area contributed by atoms with E-state index in [9.17, 15) is 18.0 Å². The average Bonchev–Trinajstić information content (AvgIpc) is 2.96. The lowest BCUT2D eigenvalue weighted by Gasteiger charge is -2.34. The van der Waals surface area contributed by atoms with E-state index in [0.29, 0.717) is 12.2 Å². The second-order valence-corrected chi connectivity index (χ2v) is 12.1. The highest BCUT2D eigenvalue weighted by Gasteiger charge is 2.35. The molecule has 0 aliphatic rings. The van der Waals surface area contributed by atoms with Crippen molar-refractivity contribution in [3.63, 3.8) is 0 Å². The van der Waals surface area contributed by atoms with Gasteiger partial charge in [0.25, 0.3) is 10.0 Å². The van der Waals surface area contributed by atoms with E-state index >= 15 is 0 Å². The molecule has 3 rings (SSSR count). The van der Waals surface area contributed by atoms with Crippen LogP contribution in [0.3, 0.4) is 0 Å². The number of rotatable bonds is 13. The highest BCUT2D eigenvalue weighted by molar-refractivity contribution is 7.92. The largest absolute Gasteiger partial charge is 0.495 e. The van der Waals surface area contributed by atoms with E-state index in [1.807, 2.05) is 65.0 Å². The van der Waals surface area contributed by atoms with Crippen LogP contribution in [-0.4, -0.2) is 50.9 Å². The molecule has 0 heterocycles. The molecule has 0 radical (unpaired) electrons. The number of nitrogens with one attached hydrogen (secondary N) is 1. The number of sulfonamides is 1. The minimum Gasteiger partial charge on any atom is -0.495 e. The number of hydrogen-bond acceptors (Lipinski definition) is 5. The number of ether oxygens (including phenoxy) is 1. The number of carbonyl (C=O) groups is 2. The molecule has 0 aromatic heterocycles. The highest BCUT2D eigenvalue weighted by atomic mass is 32.2. The maximum atomic E-state index is 14.2. The van der Waals surface area contributed by atoms with Crippen LogP contribution in [-0.2, 0) is 26.2 Å². The minimum absolute atomic E-state index is 0.0446. The fourth-order valence-electron chi connectivity index (χ4n) is 4.60. The first kappa shape index (κ1) is 31.7. The van der Waals surface area contributed by atoms with Crippen molar-refractivity contribution in [3.05, 3.63) is 89.5 Å². The van der Waals surface area contributed by atoms with Crippen molar-refractivity contribution in [2.75, 3.05) is 18.0 Å². The lowest BCUT2D eigenvalue weighted by atomic mass is 10.1. The van der Waals surface area contributed by atoms with Crippen molar-refractivity contribution in [1.29, 1.82) is 0 Å². The van der Waals surface area contributed by atoms with E-state index < -0.39 is 28.5 Å². The first-order valence-electron chi connectivity index (χ1n) is 13.9. The van der Waals surface area contributed by atoms with E-state index in [0.717, 1.165) is 27.4 Å². The Morgan fingerprint density at radius 2 is 1.59 bits per heavy atom. The van der Waals surface area contributed by atoms with Gasteiger partial charge in [-0.05, 0) is 69.0 Å². The topological polar surface area (TPSA) is 96.0 Å². The number of methoxy groups -OCH3 is 1. The van der Waals surface area contributed by atoms with E-state index in [1.165, 1.54) is 24.1 Å². The third-order valence-corrected chi connectivity index (χ3v) is 8.81. The van der Waals surface area contributed by atoms with Crippen LogP contribution < -0.4 is 14.4 Å². The molecule has 8 nitrogen and oxygen atoms in total. The molecule has 3 aromatic rings. The molecule has 0 saturated carbocycles. The summed E-state index contributed by atoms with van der Waals surface area (Å²) in [5, 5.41) is 3.00. The second-order valence-electron chi connectivity index (χ2n) is 10.3. The zero-order valence-corrected chi connectivity index (χ0v) is 25.6. The summed E-state index contributed by atoms with van der Waals surface area (Å²) in [6, 6.07) is 20.0. The predicted molar refractivity (Wildman–Crippen MR) is 162 cm³/mol. The maximum Gasteiger partial charge on any atom is 0.264 e. The summed E-state index contributed by atoms with van der Waals surface area (Å²) in [7, 11) is -2.72. The number of hydrogen-bond donors (Lipinski definition) is 1. The monoisotopic (exact) mass is 579 g/mol. The Hall–Kier alpha value is -3.85. The van der Waals surface area contributed by atoms with Gasteiger partial charge < -0.3 is 15.0 Å². The molecule has 0 spiro atoms. The smallest absolute Gasteiger partial charge is 0.264 e. The summed E-state index contributed by atoms with van der Waals surface area (Å²) in [5.41, 5.74) is 2.92. The van der Waals surface area contributed by atoms with Crippen molar-refractivity contribution in [2.24, 2.45) is 0 Å². The number of aryl methyl sites for hydroxylation is 2. The molecule has 2 atom stereocenters. The van der Waals surface area contributed by atoms with Crippen LogP contribution in [0.25, 0.3) is 0 Å². The summed E-state index contributed by atoms with van der Waals surface area (Å²) >= 11 is 0. The first-order valence-corrected chi connectivity index (χ1v) is 15.3. The molecular formula is C32H41N3O5S. The van der Waals surface area contributed by atoms with Gasteiger partial charge in [-0.25, -0.2) is 8.42 Å². The minimum atomic E-state index is -4.18. The van der Waals surface area contributed by atoms with Gasteiger partial charge in [0, 0.05) is 12.6 Å². The van der Waals surface area contributed by atoms with Crippen molar-refractivity contribution in [1.82, 2.24) is 10.2 Å². The van der Waals surface area contributed by atoms with Crippen LogP contribution in [0, 0.1) is 13.8 Å². The molecule has 0 unspecified atom stereocenters. The van der Waals surface area contributed by atoms with Crippen molar-refractivity contribution in [2.45, 2.75) is 71.0 Å². The Bertz CT molecular complexity index is 1440. The molecule has 220 valence electrons. The van der Waals surface area contributed by atoms with Crippen molar-refractivity contribution in [3.8, 4) is 5.75 Å². The average molecular weight is 580 g/mol.